The third-order valence-corrected chi connectivity index (χ3v) is 3.48. The summed E-state index contributed by atoms with van der Waals surface area (Å²) in [5.74, 6) is 1.97. The first-order valence-corrected chi connectivity index (χ1v) is 6.45. The molecule has 4 heteroatoms. The Labute approximate surface area is 102 Å². The van der Waals surface area contributed by atoms with Gasteiger partial charge in [-0.2, -0.15) is 0 Å². The van der Waals surface area contributed by atoms with Gasteiger partial charge in [-0.25, -0.2) is 4.98 Å². The van der Waals surface area contributed by atoms with Crippen molar-refractivity contribution in [2.45, 2.75) is 46.0 Å². The highest BCUT2D eigenvalue weighted by molar-refractivity contribution is 5.89. The molecule has 1 heterocycles. The first-order valence-electron chi connectivity index (χ1n) is 6.45. The summed E-state index contributed by atoms with van der Waals surface area (Å²) in [5.41, 5.74) is 0.964. The van der Waals surface area contributed by atoms with Crippen molar-refractivity contribution in [3.05, 3.63) is 11.9 Å². The molecule has 0 aliphatic heterocycles. The second-order valence-corrected chi connectivity index (χ2v) is 5.30. The summed E-state index contributed by atoms with van der Waals surface area (Å²) in [7, 11) is 0. The number of hydrogen-bond donors (Lipinski definition) is 2. The SMILES string of the molecule is Cc1cnc(NC(=O)CC2CCCC(C)C2)[nH]1. The summed E-state index contributed by atoms with van der Waals surface area (Å²) in [4.78, 5) is 18.9. The number of imidazole rings is 1. The van der Waals surface area contributed by atoms with E-state index in [-0.39, 0.29) is 5.91 Å². The smallest absolute Gasteiger partial charge is 0.226 e. The Bertz CT molecular complexity index is 386. The van der Waals surface area contributed by atoms with Crippen molar-refractivity contribution in [1.82, 2.24) is 9.97 Å². The summed E-state index contributed by atoms with van der Waals surface area (Å²) in [6.45, 7) is 4.20. The fourth-order valence-corrected chi connectivity index (χ4v) is 2.67. The highest BCUT2D eigenvalue weighted by Crippen LogP contribution is 2.30. The number of anilines is 1. The predicted molar refractivity (Wildman–Crippen MR) is 67.7 cm³/mol. The molecule has 0 bridgehead atoms. The standard InChI is InChI=1S/C13H21N3O/c1-9-4-3-5-11(6-9)7-12(17)16-13-14-8-10(2)15-13/h8-9,11H,3-7H2,1-2H3,(H2,14,15,16,17). The van der Waals surface area contributed by atoms with Crippen molar-refractivity contribution in [1.29, 1.82) is 0 Å². The fraction of sp³-hybridized carbons (Fsp3) is 0.692. The number of hydrogen-bond acceptors (Lipinski definition) is 2. The van der Waals surface area contributed by atoms with Gasteiger partial charge in [-0.05, 0) is 31.6 Å². The number of nitrogens with one attached hydrogen (secondary N) is 2. The molecule has 2 N–H and O–H groups in total. The van der Waals surface area contributed by atoms with E-state index in [4.69, 9.17) is 0 Å². The Morgan fingerprint density at radius 2 is 2.41 bits per heavy atom. The van der Waals surface area contributed by atoms with Gasteiger partial charge in [-0.3, -0.25) is 10.1 Å². The molecule has 2 atom stereocenters. The van der Waals surface area contributed by atoms with Gasteiger partial charge in [0.2, 0.25) is 11.9 Å². The molecule has 2 unspecified atom stereocenters. The monoisotopic (exact) mass is 235 g/mol. The molecule has 0 aromatic carbocycles. The quantitative estimate of drug-likeness (QED) is 0.846. The Hall–Kier alpha value is -1.32. The van der Waals surface area contributed by atoms with E-state index in [1.54, 1.807) is 6.20 Å². The maximum atomic E-state index is 11.8. The van der Waals surface area contributed by atoms with E-state index < -0.39 is 0 Å². The van der Waals surface area contributed by atoms with Crippen molar-refractivity contribution >= 4 is 11.9 Å². The maximum absolute atomic E-state index is 11.8. The number of aromatic nitrogens is 2. The summed E-state index contributed by atoms with van der Waals surface area (Å²) in [5, 5.41) is 2.82. The summed E-state index contributed by atoms with van der Waals surface area (Å²) in [6, 6.07) is 0. The minimum atomic E-state index is 0.0819. The molecule has 94 valence electrons. The van der Waals surface area contributed by atoms with Crippen LogP contribution in [0.2, 0.25) is 0 Å². The van der Waals surface area contributed by atoms with E-state index in [0.29, 0.717) is 18.3 Å². The molecule has 1 aromatic rings. The summed E-state index contributed by atoms with van der Waals surface area (Å²) >= 11 is 0. The number of aromatic amines is 1. The van der Waals surface area contributed by atoms with Crippen molar-refractivity contribution in [2.75, 3.05) is 5.32 Å². The molecule has 1 aromatic heterocycles. The zero-order valence-corrected chi connectivity index (χ0v) is 10.6. The Balaban J connectivity index is 1.80. The van der Waals surface area contributed by atoms with Gasteiger partial charge >= 0.3 is 0 Å². The number of amides is 1. The van der Waals surface area contributed by atoms with E-state index in [2.05, 4.69) is 22.2 Å². The highest BCUT2D eigenvalue weighted by Gasteiger charge is 2.21. The molecular formula is C13H21N3O. The summed E-state index contributed by atoms with van der Waals surface area (Å²) < 4.78 is 0. The Morgan fingerprint density at radius 3 is 3.06 bits per heavy atom. The molecule has 0 saturated heterocycles. The van der Waals surface area contributed by atoms with Gasteiger partial charge in [-0.1, -0.05) is 19.8 Å². The second kappa shape index (κ2) is 5.34. The lowest BCUT2D eigenvalue weighted by atomic mass is 9.81. The van der Waals surface area contributed by atoms with Crippen molar-refractivity contribution in [2.24, 2.45) is 11.8 Å². The van der Waals surface area contributed by atoms with Crippen LogP contribution in [0.4, 0.5) is 5.95 Å². The topological polar surface area (TPSA) is 57.8 Å². The van der Waals surface area contributed by atoms with Crippen LogP contribution >= 0.6 is 0 Å². The number of aryl methyl sites for hydroxylation is 1. The van der Waals surface area contributed by atoms with Gasteiger partial charge in [-0.15, -0.1) is 0 Å². The molecule has 1 fully saturated rings. The van der Waals surface area contributed by atoms with Crippen LogP contribution in [-0.4, -0.2) is 15.9 Å². The van der Waals surface area contributed by atoms with Crippen LogP contribution in [0.25, 0.3) is 0 Å². The van der Waals surface area contributed by atoms with Gasteiger partial charge < -0.3 is 4.98 Å². The molecular weight excluding hydrogens is 214 g/mol. The van der Waals surface area contributed by atoms with Crippen LogP contribution < -0.4 is 5.32 Å². The minimum Gasteiger partial charge on any atom is -0.328 e. The average Bonchev–Trinajstić information content (AvgIpc) is 2.63. The van der Waals surface area contributed by atoms with Gasteiger partial charge in [0, 0.05) is 18.3 Å². The number of rotatable bonds is 3. The first-order chi connectivity index (χ1) is 8.13. The van der Waals surface area contributed by atoms with Crippen LogP contribution in [0.15, 0.2) is 6.20 Å². The zero-order chi connectivity index (χ0) is 12.3. The van der Waals surface area contributed by atoms with E-state index in [1.165, 1.54) is 25.7 Å². The minimum absolute atomic E-state index is 0.0819. The lowest BCUT2D eigenvalue weighted by molar-refractivity contribution is -0.117. The van der Waals surface area contributed by atoms with E-state index >= 15 is 0 Å². The largest absolute Gasteiger partial charge is 0.328 e. The van der Waals surface area contributed by atoms with Gasteiger partial charge in [0.15, 0.2) is 0 Å². The molecule has 1 aliphatic rings. The zero-order valence-electron chi connectivity index (χ0n) is 10.6. The van der Waals surface area contributed by atoms with Gasteiger partial charge in [0.05, 0.1) is 0 Å². The van der Waals surface area contributed by atoms with E-state index in [9.17, 15) is 4.79 Å². The summed E-state index contributed by atoms with van der Waals surface area (Å²) in [6.07, 6.45) is 7.30. The second-order valence-electron chi connectivity index (χ2n) is 5.30. The molecule has 0 spiro atoms. The lowest BCUT2D eigenvalue weighted by Gasteiger charge is -2.25. The maximum Gasteiger partial charge on any atom is 0.226 e. The molecule has 1 amide bonds. The van der Waals surface area contributed by atoms with Gasteiger partial charge in [0.1, 0.15) is 0 Å². The predicted octanol–water partition coefficient (Wildman–Crippen LogP) is 2.87. The molecule has 17 heavy (non-hydrogen) atoms. The molecule has 2 rings (SSSR count). The molecule has 1 aliphatic carbocycles. The molecule has 0 radical (unpaired) electrons. The van der Waals surface area contributed by atoms with Crippen LogP contribution in [-0.2, 0) is 4.79 Å². The van der Waals surface area contributed by atoms with Crippen molar-refractivity contribution < 1.29 is 4.79 Å². The first kappa shape index (κ1) is 12.1. The van der Waals surface area contributed by atoms with Crippen LogP contribution in [0, 0.1) is 18.8 Å². The molecule has 4 nitrogen and oxygen atoms in total. The highest BCUT2D eigenvalue weighted by atomic mass is 16.1. The van der Waals surface area contributed by atoms with Crippen molar-refractivity contribution in [3.63, 3.8) is 0 Å². The number of carbonyl (C=O) groups excluding carboxylic acids is 1. The molecule has 1 saturated carbocycles. The third kappa shape index (κ3) is 3.58. The van der Waals surface area contributed by atoms with E-state index in [1.807, 2.05) is 6.92 Å². The van der Waals surface area contributed by atoms with Crippen molar-refractivity contribution in [3.8, 4) is 0 Å². The van der Waals surface area contributed by atoms with Crippen LogP contribution in [0.5, 0.6) is 0 Å². The average molecular weight is 235 g/mol. The van der Waals surface area contributed by atoms with Crippen LogP contribution in [0.1, 0.15) is 44.7 Å². The fourth-order valence-electron chi connectivity index (χ4n) is 2.67. The Kier molecular flexibility index (Phi) is 3.82. The normalized spacial score (nSPS) is 24.6. The number of nitrogens with zero attached hydrogens (tertiary/aromatic N) is 1. The van der Waals surface area contributed by atoms with Crippen LogP contribution in [0.3, 0.4) is 0 Å². The van der Waals surface area contributed by atoms with E-state index in [0.717, 1.165) is 11.6 Å². The number of H-pyrrole nitrogens is 1. The Morgan fingerprint density at radius 1 is 1.59 bits per heavy atom. The third-order valence-electron chi connectivity index (χ3n) is 3.48. The lowest BCUT2D eigenvalue weighted by Crippen LogP contribution is -2.21. The van der Waals surface area contributed by atoms with Gasteiger partial charge in [0.25, 0.3) is 0 Å². The number of carbonyl (C=O) groups is 1.